The van der Waals surface area contributed by atoms with E-state index in [2.05, 4.69) is 10.3 Å². The number of rotatable bonds is 7. The molecule has 32 heavy (non-hydrogen) atoms. The molecule has 0 bridgehead atoms. The highest BCUT2D eigenvalue weighted by Gasteiger charge is 2.15. The summed E-state index contributed by atoms with van der Waals surface area (Å²) < 4.78 is 11.7. The Kier molecular flexibility index (Phi) is 6.18. The van der Waals surface area contributed by atoms with Gasteiger partial charge in [-0.25, -0.2) is 4.98 Å². The standard InChI is InChI=1S/C25H25N3O4/c1-15(2)11-20(26)25(30)27-17-5-3-16(4-6-17)14-31-19-8-10-22-24(13-19)32-23-12-18(29)7-9-21(23)28-22/h3-10,12-13,15,20H,11,14,26H2,1-2H3,(H,27,30). The third kappa shape index (κ3) is 5.12. The molecule has 0 aromatic heterocycles. The van der Waals surface area contributed by atoms with E-state index < -0.39 is 6.04 Å². The van der Waals surface area contributed by atoms with Crippen molar-refractivity contribution in [3.63, 3.8) is 0 Å². The highest BCUT2D eigenvalue weighted by Crippen LogP contribution is 2.27. The maximum atomic E-state index is 12.2. The van der Waals surface area contributed by atoms with E-state index in [0.29, 0.717) is 52.9 Å². The number of fused-ring (bicyclic) bond motifs is 2. The lowest BCUT2D eigenvalue weighted by atomic mass is 10.0. The third-order valence-corrected chi connectivity index (χ3v) is 5.01. The molecule has 1 aliphatic carbocycles. The molecule has 7 nitrogen and oxygen atoms in total. The van der Waals surface area contributed by atoms with Gasteiger partial charge in [0.25, 0.3) is 0 Å². The lowest BCUT2D eigenvalue weighted by Crippen LogP contribution is -2.36. The maximum absolute atomic E-state index is 12.2. The second-order valence-electron chi connectivity index (χ2n) is 8.18. The van der Waals surface area contributed by atoms with E-state index >= 15 is 0 Å². The van der Waals surface area contributed by atoms with Gasteiger partial charge >= 0.3 is 0 Å². The number of carbonyl (C=O) groups excluding carboxylic acids is 1. The van der Waals surface area contributed by atoms with E-state index in [9.17, 15) is 9.59 Å². The van der Waals surface area contributed by atoms with E-state index in [-0.39, 0.29) is 11.3 Å². The quantitative estimate of drug-likeness (QED) is 0.425. The lowest BCUT2D eigenvalue weighted by Gasteiger charge is -2.14. The minimum atomic E-state index is -0.525. The fourth-order valence-electron chi connectivity index (χ4n) is 3.38. The van der Waals surface area contributed by atoms with Gasteiger partial charge in [0.05, 0.1) is 6.04 Å². The van der Waals surface area contributed by atoms with E-state index in [4.69, 9.17) is 14.9 Å². The summed E-state index contributed by atoms with van der Waals surface area (Å²) in [6, 6.07) is 16.8. The molecule has 1 heterocycles. The number of nitrogens with one attached hydrogen (secondary N) is 1. The Balaban J connectivity index is 1.41. The molecule has 164 valence electrons. The monoisotopic (exact) mass is 431 g/mol. The minimum absolute atomic E-state index is 0.128. The molecule has 2 aliphatic rings. The second-order valence-corrected chi connectivity index (χ2v) is 8.18. The van der Waals surface area contributed by atoms with Gasteiger partial charge < -0.3 is 20.2 Å². The number of carbonyl (C=O) groups is 1. The molecule has 4 rings (SSSR count). The van der Waals surface area contributed by atoms with Crippen LogP contribution in [0.1, 0.15) is 25.8 Å². The van der Waals surface area contributed by atoms with Crippen molar-refractivity contribution < 1.29 is 13.9 Å². The summed E-state index contributed by atoms with van der Waals surface area (Å²) in [6.45, 7) is 4.41. The van der Waals surface area contributed by atoms with Crippen molar-refractivity contribution >= 4 is 22.7 Å². The predicted molar refractivity (Wildman–Crippen MR) is 124 cm³/mol. The van der Waals surface area contributed by atoms with Crippen LogP contribution in [0.5, 0.6) is 5.75 Å². The van der Waals surface area contributed by atoms with Gasteiger partial charge in [0.1, 0.15) is 23.6 Å². The molecular formula is C25H25N3O4. The molecule has 0 radical (unpaired) electrons. The lowest BCUT2D eigenvalue weighted by molar-refractivity contribution is -0.117. The molecule has 0 fully saturated rings. The molecule has 1 aliphatic heterocycles. The maximum Gasteiger partial charge on any atom is 0.241 e. The van der Waals surface area contributed by atoms with Gasteiger partial charge in [-0.3, -0.25) is 9.59 Å². The van der Waals surface area contributed by atoms with Crippen molar-refractivity contribution in [2.45, 2.75) is 32.9 Å². The molecule has 0 saturated carbocycles. The molecule has 2 aromatic carbocycles. The summed E-state index contributed by atoms with van der Waals surface area (Å²) in [5.74, 6) is 1.23. The number of nitrogens with two attached hydrogens (primary N) is 1. The number of nitrogens with zero attached hydrogens (tertiary/aromatic N) is 1. The zero-order valence-electron chi connectivity index (χ0n) is 18.0. The highest BCUT2D eigenvalue weighted by molar-refractivity contribution is 5.94. The summed E-state index contributed by atoms with van der Waals surface area (Å²) >= 11 is 0. The van der Waals surface area contributed by atoms with Gasteiger partial charge in [0.2, 0.25) is 5.91 Å². The van der Waals surface area contributed by atoms with Gasteiger partial charge in [-0.2, -0.15) is 0 Å². The third-order valence-electron chi connectivity index (χ3n) is 5.01. The molecule has 0 spiro atoms. The van der Waals surface area contributed by atoms with Crippen molar-refractivity contribution in [3.05, 3.63) is 76.5 Å². The number of amides is 1. The van der Waals surface area contributed by atoms with Crippen LogP contribution in [0.4, 0.5) is 5.69 Å². The first-order valence-corrected chi connectivity index (χ1v) is 10.5. The SMILES string of the molecule is CC(C)CC(N)C(=O)Nc1ccc(COc2ccc3nc4ccc(=O)cc-4oc3c2)cc1. The normalized spacial score (nSPS) is 12.2. The zero-order chi connectivity index (χ0) is 22.7. The van der Waals surface area contributed by atoms with Crippen LogP contribution in [-0.4, -0.2) is 16.9 Å². The fraction of sp³-hybridized carbons (Fsp3) is 0.240. The number of anilines is 1. The Morgan fingerprint density at radius 2 is 1.88 bits per heavy atom. The first-order valence-electron chi connectivity index (χ1n) is 10.5. The van der Waals surface area contributed by atoms with Crippen LogP contribution in [-0.2, 0) is 11.4 Å². The summed E-state index contributed by atoms with van der Waals surface area (Å²) in [5, 5.41) is 2.84. The highest BCUT2D eigenvalue weighted by atomic mass is 16.5. The van der Waals surface area contributed by atoms with Crippen molar-refractivity contribution in [1.82, 2.24) is 4.98 Å². The Morgan fingerprint density at radius 3 is 2.62 bits per heavy atom. The van der Waals surface area contributed by atoms with E-state index in [1.807, 2.05) is 50.2 Å². The van der Waals surface area contributed by atoms with Gasteiger partial charge in [-0.1, -0.05) is 26.0 Å². The van der Waals surface area contributed by atoms with E-state index in [1.54, 1.807) is 12.1 Å². The Hall–Kier alpha value is -3.71. The van der Waals surface area contributed by atoms with Crippen molar-refractivity contribution in [1.29, 1.82) is 0 Å². The molecule has 3 N–H and O–H groups in total. The number of hydrogen-bond acceptors (Lipinski definition) is 6. The topological polar surface area (TPSA) is 107 Å². The molecule has 1 amide bonds. The Labute approximate surface area is 185 Å². The molecule has 0 saturated heterocycles. The molecule has 1 unspecified atom stereocenters. The molecule has 1 atom stereocenters. The van der Waals surface area contributed by atoms with Crippen LogP contribution in [0.15, 0.2) is 69.9 Å². The second kappa shape index (κ2) is 9.20. The molecule has 7 heteroatoms. The summed E-state index contributed by atoms with van der Waals surface area (Å²) in [4.78, 5) is 28.2. The zero-order valence-corrected chi connectivity index (χ0v) is 18.0. The van der Waals surface area contributed by atoms with Crippen molar-refractivity contribution in [2.24, 2.45) is 11.7 Å². The van der Waals surface area contributed by atoms with Crippen LogP contribution >= 0.6 is 0 Å². The van der Waals surface area contributed by atoms with Gasteiger partial charge in [0.15, 0.2) is 16.8 Å². The van der Waals surface area contributed by atoms with Crippen molar-refractivity contribution in [2.75, 3.05) is 5.32 Å². The summed E-state index contributed by atoms with van der Waals surface area (Å²) in [6.07, 6.45) is 0.638. The summed E-state index contributed by atoms with van der Waals surface area (Å²) in [7, 11) is 0. The average Bonchev–Trinajstić information content (AvgIpc) is 2.76. The number of ether oxygens (including phenoxy) is 1. The van der Waals surface area contributed by atoms with Crippen LogP contribution in [0, 0.1) is 5.92 Å². The largest absolute Gasteiger partial charge is 0.489 e. The average molecular weight is 431 g/mol. The number of hydrogen-bond donors (Lipinski definition) is 2. The fourth-order valence-corrected chi connectivity index (χ4v) is 3.38. The van der Waals surface area contributed by atoms with Gasteiger partial charge in [-0.05, 0) is 54.3 Å². The van der Waals surface area contributed by atoms with Crippen LogP contribution in [0.2, 0.25) is 0 Å². The van der Waals surface area contributed by atoms with E-state index in [1.165, 1.54) is 12.1 Å². The number of aromatic nitrogens is 1. The molecule has 2 aromatic rings. The van der Waals surface area contributed by atoms with Crippen LogP contribution in [0.25, 0.3) is 22.6 Å². The van der Waals surface area contributed by atoms with Gasteiger partial charge in [0, 0.05) is 17.8 Å². The van der Waals surface area contributed by atoms with Crippen LogP contribution < -0.4 is 21.2 Å². The van der Waals surface area contributed by atoms with E-state index in [0.717, 1.165) is 5.56 Å². The minimum Gasteiger partial charge on any atom is -0.489 e. The van der Waals surface area contributed by atoms with Gasteiger partial charge in [-0.15, -0.1) is 0 Å². The van der Waals surface area contributed by atoms with Crippen molar-refractivity contribution in [3.8, 4) is 17.2 Å². The van der Waals surface area contributed by atoms with Crippen LogP contribution in [0.3, 0.4) is 0 Å². The smallest absolute Gasteiger partial charge is 0.241 e. The first kappa shape index (κ1) is 21.5. The predicted octanol–water partition coefficient (Wildman–Crippen LogP) is 4.18. The first-order chi connectivity index (χ1) is 15.4. The Bertz CT molecular complexity index is 1260. The Morgan fingerprint density at radius 1 is 1.09 bits per heavy atom. The molecular weight excluding hydrogens is 406 g/mol. The summed E-state index contributed by atoms with van der Waals surface area (Å²) in [5.41, 5.74) is 9.28. The number of benzene rings is 3.